The highest BCUT2D eigenvalue weighted by Crippen LogP contribution is 2.35. The fourth-order valence-electron chi connectivity index (χ4n) is 3.75. The second-order valence-electron chi connectivity index (χ2n) is 9.70. The number of carbonyl (C=O) groups excluding carboxylic acids is 1. The fourth-order valence-corrected chi connectivity index (χ4v) is 5.57. The molecule has 33 heavy (non-hydrogen) atoms. The molecule has 0 saturated heterocycles. The van der Waals surface area contributed by atoms with Crippen molar-refractivity contribution in [2.75, 3.05) is 26.7 Å². The topological polar surface area (TPSA) is 107 Å². The second-order valence-corrected chi connectivity index (χ2v) is 11.6. The summed E-state index contributed by atoms with van der Waals surface area (Å²) in [7, 11) is -2.21. The number of likely N-dealkylation sites (N-methyl/N-ethyl adjacent to an activating group) is 1. The Morgan fingerprint density at radius 3 is 2.61 bits per heavy atom. The Balaban J connectivity index is 2.04. The van der Waals surface area contributed by atoms with Gasteiger partial charge in [0.1, 0.15) is 22.4 Å². The lowest BCUT2D eigenvalue weighted by atomic mass is 10.0. The Kier molecular flexibility index (Phi) is 7.44. The number of benzene rings is 1. The predicted octanol–water partition coefficient (Wildman–Crippen LogP) is 1.45. The molecule has 8 nitrogen and oxygen atoms in total. The van der Waals surface area contributed by atoms with E-state index in [2.05, 4.69) is 11.8 Å². The predicted molar refractivity (Wildman–Crippen MR) is 124 cm³/mol. The van der Waals surface area contributed by atoms with Gasteiger partial charge in [0, 0.05) is 37.0 Å². The third kappa shape index (κ3) is 6.07. The molecule has 1 fully saturated rings. The molecule has 1 heterocycles. The quantitative estimate of drug-likeness (QED) is 0.621. The average molecular weight is 479 g/mol. The molecule has 1 aromatic carbocycles. The summed E-state index contributed by atoms with van der Waals surface area (Å²) in [6, 6.07) is 3.96. The van der Waals surface area contributed by atoms with Crippen LogP contribution in [0.15, 0.2) is 23.1 Å². The third-order valence-corrected chi connectivity index (χ3v) is 7.96. The van der Waals surface area contributed by atoms with Crippen molar-refractivity contribution >= 4 is 15.9 Å². The molecule has 3 atom stereocenters. The molecule has 182 valence electrons. The van der Waals surface area contributed by atoms with E-state index >= 15 is 0 Å². The van der Waals surface area contributed by atoms with Gasteiger partial charge in [-0.2, -0.15) is 4.31 Å². The maximum atomic E-state index is 13.5. The Hall–Kier alpha value is -2.12. The molecule has 0 radical (unpaired) electrons. The number of hydrogen-bond acceptors (Lipinski definition) is 6. The summed E-state index contributed by atoms with van der Waals surface area (Å²) in [6.07, 6.45) is 1.34. The Morgan fingerprint density at radius 2 is 2.03 bits per heavy atom. The van der Waals surface area contributed by atoms with Crippen molar-refractivity contribution in [1.82, 2.24) is 9.21 Å². The van der Waals surface area contributed by atoms with Crippen LogP contribution in [0.1, 0.15) is 46.1 Å². The van der Waals surface area contributed by atoms with Crippen molar-refractivity contribution in [3.63, 3.8) is 0 Å². The molecule has 1 aromatic rings. The highest BCUT2D eigenvalue weighted by molar-refractivity contribution is 7.89. The number of carbonyl (C=O) groups is 1. The molecular formula is C24H34N2O6S. The number of hydrogen-bond donors (Lipinski definition) is 2. The van der Waals surface area contributed by atoms with Crippen LogP contribution in [-0.2, 0) is 14.8 Å². The van der Waals surface area contributed by atoms with Crippen LogP contribution in [-0.4, -0.2) is 78.2 Å². The SMILES string of the molecule is C[C@H]1CN([C@@H](C)CO)S(=O)(=O)c2ccc(C#CC(C)(C)O)cc2O[C@H]1CN(C)C(=O)C1CC1. The lowest BCUT2D eigenvalue weighted by molar-refractivity contribution is -0.132. The molecule has 1 aliphatic carbocycles. The van der Waals surface area contributed by atoms with Crippen LogP contribution in [0.2, 0.25) is 0 Å². The highest BCUT2D eigenvalue weighted by atomic mass is 32.2. The van der Waals surface area contributed by atoms with Gasteiger partial charge >= 0.3 is 0 Å². The maximum Gasteiger partial charge on any atom is 0.247 e. The summed E-state index contributed by atoms with van der Waals surface area (Å²) in [5, 5.41) is 19.6. The smallest absolute Gasteiger partial charge is 0.247 e. The Morgan fingerprint density at radius 1 is 1.36 bits per heavy atom. The number of aliphatic hydroxyl groups is 2. The van der Waals surface area contributed by atoms with E-state index in [1.807, 2.05) is 6.92 Å². The molecule has 0 aromatic heterocycles. The zero-order valence-corrected chi connectivity index (χ0v) is 20.7. The van der Waals surface area contributed by atoms with Crippen LogP contribution >= 0.6 is 0 Å². The van der Waals surface area contributed by atoms with Crippen LogP contribution < -0.4 is 4.74 Å². The maximum absolute atomic E-state index is 13.5. The molecule has 1 amide bonds. The molecular weight excluding hydrogens is 444 g/mol. The van der Waals surface area contributed by atoms with Gasteiger partial charge in [-0.1, -0.05) is 18.8 Å². The van der Waals surface area contributed by atoms with E-state index in [4.69, 9.17) is 4.74 Å². The van der Waals surface area contributed by atoms with Crippen molar-refractivity contribution in [3.05, 3.63) is 23.8 Å². The zero-order chi connectivity index (χ0) is 24.6. The lowest BCUT2D eigenvalue weighted by Crippen LogP contribution is -2.50. The van der Waals surface area contributed by atoms with Crippen LogP contribution in [0.25, 0.3) is 0 Å². The van der Waals surface area contributed by atoms with E-state index in [1.54, 1.807) is 44.9 Å². The first-order valence-corrected chi connectivity index (χ1v) is 12.7. The molecule has 1 saturated carbocycles. The summed E-state index contributed by atoms with van der Waals surface area (Å²) in [5.74, 6) is 5.63. The van der Waals surface area contributed by atoms with Gasteiger partial charge in [0.25, 0.3) is 0 Å². The van der Waals surface area contributed by atoms with Crippen LogP contribution in [0.5, 0.6) is 5.75 Å². The van der Waals surface area contributed by atoms with Crippen molar-refractivity contribution in [3.8, 4) is 17.6 Å². The van der Waals surface area contributed by atoms with Gasteiger partial charge in [0.15, 0.2) is 0 Å². The Bertz CT molecular complexity index is 1050. The van der Waals surface area contributed by atoms with Crippen LogP contribution in [0, 0.1) is 23.7 Å². The Labute approximate surface area is 196 Å². The average Bonchev–Trinajstić information content (AvgIpc) is 3.58. The first-order chi connectivity index (χ1) is 15.3. The normalized spacial score (nSPS) is 23.7. The standard InChI is InChI=1S/C24H34N2O6S/c1-16-13-26(17(2)15-27)33(30,31)22-9-6-18(10-11-24(3,4)29)12-20(22)32-21(16)14-25(5)23(28)19-7-8-19/h6,9,12,16-17,19,21,27,29H,7-8,13-15H2,1-5H3/t16-,17-,21-/m0/s1. The molecule has 3 rings (SSSR count). The molecule has 0 unspecified atom stereocenters. The largest absolute Gasteiger partial charge is 0.487 e. The number of amides is 1. The fraction of sp³-hybridized carbons (Fsp3) is 0.625. The van der Waals surface area contributed by atoms with Gasteiger partial charge in [0.05, 0.1) is 13.2 Å². The van der Waals surface area contributed by atoms with E-state index in [0.717, 1.165) is 12.8 Å². The van der Waals surface area contributed by atoms with Gasteiger partial charge < -0.3 is 19.8 Å². The van der Waals surface area contributed by atoms with Crippen molar-refractivity contribution in [2.45, 2.75) is 63.2 Å². The number of aliphatic hydroxyl groups excluding tert-OH is 1. The minimum atomic E-state index is -3.95. The van der Waals surface area contributed by atoms with E-state index in [1.165, 1.54) is 10.4 Å². The van der Waals surface area contributed by atoms with Gasteiger partial charge in [-0.05, 0) is 51.8 Å². The van der Waals surface area contributed by atoms with Crippen molar-refractivity contribution < 1.29 is 28.2 Å². The monoisotopic (exact) mass is 478 g/mol. The first-order valence-electron chi connectivity index (χ1n) is 11.3. The van der Waals surface area contributed by atoms with E-state index in [-0.39, 0.29) is 41.5 Å². The molecule has 0 spiro atoms. The van der Waals surface area contributed by atoms with Gasteiger partial charge in [-0.3, -0.25) is 4.79 Å². The number of nitrogens with zero attached hydrogens (tertiary/aromatic N) is 2. The van der Waals surface area contributed by atoms with Crippen molar-refractivity contribution in [2.24, 2.45) is 11.8 Å². The van der Waals surface area contributed by atoms with E-state index in [9.17, 15) is 23.4 Å². The van der Waals surface area contributed by atoms with Gasteiger partial charge in [0.2, 0.25) is 15.9 Å². The van der Waals surface area contributed by atoms with Crippen molar-refractivity contribution in [1.29, 1.82) is 0 Å². The second kappa shape index (κ2) is 9.63. The molecule has 2 aliphatic rings. The van der Waals surface area contributed by atoms with Crippen LogP contribution in [0.3, 0.4) is 0 Å². The minimum absolute atomic E-state index is 0.00955. The van der Waals surface area contributed by atoms with E-state index < -0.39 is 27.8 Å². The first kappa shape index (κ1) is 25.5. The lowest BCUT2D eigenvalue weighted by Gasteiger charge is -2.37. The molecule has 2 N–H and O–H groups in total. The third-order valence-electron chi connectivity index (χ3n) is 5.94. The summed E-state index contributed by atoms with van der Waals surface area (Å²) < 4.78 is 34.5. The van der Waals surface area contributed by atoms with Gasteiger partial charge in [-0.25, -0.2) is 8.42 Å². The van der Waals surface area contributed by atoms with Crippen LogP contribution in [0.4, 0.5) is 0 Å². The van der Waals surface area contributed by atoms with Gasteiger partial charge in [-0.15, -0.1) is 0 Å². The number of rotatable bonds is 5. The summed E-state index contributed by atoms with van der Waals surface area (Å²) >= 11 is 0. The summed E-state index contributed by atoms with van der Waals surface area (Å²) in [4.78, 5) is 14.2. The molecule has 1 aliphatic heterocycles. The minimum Gasteiger partial charge on any atom is -0.487 e. The molecule has 0 bridgehead atoms. The molecule has 9 heteroatoms. The number of sulfonamides is 1. The highest BCUT2D eigenvalue weighted by Gasteiger charge is 2.39. The summed E-state index contributed by atoms with van der Waals surface area (Å²) in [5.41, 5.74) is -0.699. The van der Waals surface area contributed by atoms with E-state index in [0.29, 0.717) is 12.1 Å². The zero-order valence-electron chi connectivity index (χ0n) is 19.9. The summed E-state index contributed by atoms with van der Waals surface area (Å²) in [6.45, 7) is 6.82. The number of fused-ring (bicyclic) bond motifs is 1. The number of ether oxygens (including phenoxy) is 1.